The van der Waals surface area contributed by atoms with Crippen molar-refractivity contribution in [2.45, 2.75) is 40.0 Å². The van der Waals surface area contributed by atoms with Gasteiger partial charge in [0.15, 0.2) is 0 Å². The Labute approximate surface area is 145 Å². The zero-order valence-corrected chi connectivity index (χ0v) is 15.5. The van der Waals surface area contributed by atoms with Crippen molar-refractivity contribution in [1.29, 1.82) is 0 Å². The predicted octanol–water partition coefficient (Wildman–Crippen LogP) is 3.97. The number of aldehydes is 1. The van der Waals surface area contributed by atoms with E-state index < -0.39 is 5.97 Å². The number of benzene rings is 1. The topological polar surface area (TPSA) is 66.8 Å². The maximum absolute atomic E-state index is 10.6. The molecule has 1 aliphatic heterocycles. The number of hydrogen-bond donors (Lipinski definition) is 1. The second-order valence-corrected chi connectivity index (χ2v) is 6.51. The van der Waals surface area contributed by atoms with Crippen LogP contribution in [-0.2, 0) is 0 Å². The van der Waals surface area contributed by atoms with Crippen LogP contribution < -0.4 is 4.74 Å². The van der Waals surface area contributed by atoms with Crippen molar-refractivity contribution in [2.75, 3.05) is 27.2 Å². The van der Waals surface area contributed by atoms with Crippen LogP contribution in [0.15, 0.2) is 18.2 Å². The van der Waals surface area contributed by atoms with Gasteiger partial charge in [0.25, 0.3) is 0 Å². The molecule has 5 heteroatoms. The van der Waals surface area contributed by atoms with Crippen LogP contribution in [0.25, 0.3) is 0 Å². The molecule has 24 heavy (non-hydrogen) atoms. The summed E-state index contributed by atoms with van der Waals surface area (Å²) in [6.07, 6.45) is 4.85. The number of nitrogens with zero attached hydrogens (tertiary/aromatic N) is 1. The Morgan fingerprint density at radius 1 is 1.17 bits per heavy atom. The zero-order chi connectivity index (χ0) is 18.5. The van der Waals surface area contributed by atoms with Crippen molar-refractivity contribution in [3.8, 4) is 5.75 Å². The molecule has 0 bridgehead atoms. The quantitative estimate of drug-likeness (QED) is 0.845. The molecule has 1 aliphatic rings. The Kier molecular flexibility index (Phi) is 11.5. The zero-order valence-electron chi connectivity index (χ0n) is 15.5. The SMILES string of the molecule is CC(C)C.CN1CCCCC1.COc1cc(C=O)cc(C(=O)O)c1. The summed E-state index contributed by atoms with van der Waals surface area (Å²) in [7, 11) is 3.61. The summed E-state index contributed by atoms with van der Waals surface area (Å²) in [4.78, 5) is 23.4. The van der Waals surface area contributed by atoms with Gasteiger partial charge in [0.1, 0.15) is 12.0 Å². The Morgan fingerprint density at radius 3 is 2.04 bits per heavy atom. The van der Waals surface area contributed by atoms with Gasteiger partial charge >= 0.3 is 5.97 Å². The van der Waals surface area contributed by atoms with Gasteiger partial charge in [-0.15, -0.1) is 0 Å². The number of piperidine rings is 1. The standard InChI is InChI=1S/C9H8O4.C6H13N.C4H10/c1-13-8-3-6(5-10)2-7(4-8)9(11)12;1-7-5-3-2-4-6-7;1-4(2)3/h2-5H,1H3,(H,11,12);2-6H2,1H3;4H,1-3H3. The van der Waals surface area contributed by atoms with Gasteiger partial charge in [-0.3, -0.25) is 4.79 Å². The predicted molar refractivity (Wildman–Crippen MR) is 97.2 cm³/mol. The number of rotatable bonds is 3. The molecule has 0 aliphatic carbocycles. The molecule has 1 aromatic rings. The molecule has 136 valence electrons. The van der Waals surface area contributed by atoms with Crippen LogP contribution in [-0.4, -0.2) is 49.5 Å². The Balaban J connectivity index is 0.000000401. The fourth-order valence-electron chi connectivity index (χ4n) is 1.98. The number of ether oxygens (including phenoxy) is 1. The lowest BCUT2D eigenvalue weighted by Crippen LogP contribution is -2.24. The first kappa shape index (κ1) is 22.1. The van der Waals surface area contributed by atoms with E-state index in [2.05, 4.69) is 32.7 Å². The first-order chi connectivity index (χ1) is 11.3. The lowest BCUT2D eigenvalue weighted by Gasteiger charge is -2.20. The van der Waals surface area contributed by atoms with E-state index in [9.17, 15) is 9.59 Å². The molecule has 0 atom stereocenters. The van der Waals surface area contributed by atoms with Crippen LogP contribution in [0.5, 0.6) is 5.75 Å². The van der Waals surface area contributed by atoms with E-state index in [4.69, 9.17) is 9.84 Å². The van der Waals surface area contributed by atoms with E-state index in [0.29, 0.717) is 12.0 Å². The van der Waals surface area contributed by atoms with Gasteiger partial charge in [-0.05, 0) is 57.1 Å². The molecule has 1 N–H and O–H groups in total. The van der Waals surface area contributed by atoms with Crippen molar-refractivity contribution < 1.29 is 19.4 Å². The average Bonchev–Trinajstić information content (AvgIpc) is 2.55. The van der Waals surface area contributed by atoms with Gasteiger partial charge in [0.05, 0.1) is 12.7 Å². The second-order valence-electron chi connectivity index (χ2n) is 6.51. The third-order valence-electron chi connectivity index (χ3n) is 3.13. The number of carbonyl (C=O) groups excluding carboxylic acids is 1. The molecule has 1 fully saturated rings. The Bertz CT molecular complexity index is 491. The van der Waals surface area contributed by atoms with Crippen LogP contribution in [0, 0.1) is 5.92 Å². The van der Waals surface area contributed by atoms with Crippen molar-refractivity contribution in [1.82, 2.24) is 4.90 Å². The highest BCUT2D eigenvalue weighted by molar-refractivity contribution is 5.90. The minimum absolute atomic E-state index is 0.0430. The van der Waals surface area contributed by atoms with Crippen molar-refractivity contribution in [3.63, 3.8) is 0 Å². The second kappa shape index (κ2) is 12.5. The number of methoxy groups -OCH3 is 1. The van der Waals surface area contributed by atoms with E-state index in [-0.39, 0.29) is 11.1 Å². The molecule has 1 saturated heterocycles. The van der Waals surface area contributed by atoms with E-state index in [0.717, 1.165) is 5.92 Å². The summed E-state index contributed by atoms with van der Waals surface area (Å²) in [6, 6.07) is 4.12. The average molecular weight is 337 g/mol. The first-order valence-electron chi connectivity index (χ1n) is 8.36. The number of carbonyl (C=O) groups is 2. The van der Waals surface area contributed by atoms with Crippen LogP contribution in [0.2, 0.25) is 0 Å². The van der Waals surface area contributed by atoms with Gasteiger partial charge in [0.2, 0.25) is 0 Å². The summed E-state index contributed by atoms with van der Waals surface area (Å²) >= 11 is 0. The van der Waals surface area contributed by atoms with E-state index in [1.165, 1.54) is 57.7 Å². The third-order valence-corrected chi connectivity index (χ3v) is 3.13. The monoisotopic (exact) mass is 337 g/mol. The fraction of sp³-hybridized carbons (Fsp3) is 0.579. The first-order valence-corrected chi connectivity index (χ1v) is 8.36. The number of aromatic carboxylic acids is 1. The van der Waals surface area contributed by atoms with Gasteiger partial charge in [-0.2, -0.15) is 0 Å². The van der Waals surface area contributed by atoms with Crippen molar-refractivity contribution >= 4 is 12.3 Å². The molecule has 1 aromatic carbocycles. The Hall–Kier alpha value is -1.88. The number of carboxylic acid groups (broad SMARTS) is 1. The molecular formula is C19H31NO4. The highest BCUT2D eigenvalue weighted by Gasteiger charge is 2.06. The molecule has 0 aromatic heterocycles. The molecule has 0 unspecified atom stereocenters. The highest BCUT2D eigenvalue weighted by Crippen LogP contribution is 2.15. The third kappa shape index (κ3) is 10.8. The fourth-order valence-corrected chi connectivity index (χ4v) is 1.98. The minimum atomic E-state index is -1.08. The van der Waals surface area contributed by atoms with Gasteiger partial charge in [0, 0.05) is 5.56 Å². The summed E-state index contributed by atoms with van der Waals surface area (Å²) in [6.45, 7) is 9.14. The molecule has 0 spiro atoms. The van der Waals surface area contributed by atoms with Crippen LogP contribution in [0.1, 0.15) is 60.7 Å². The van der Waals surface area contributed by atoms with Gasteiger partial charge in [-0.25, -0.2) is 4.79 Å². The van der Waals surface area contributed by atoms with Crippen LogP contribution >= 0.6 is 0 Å². The van der Waals surface area contributed by atoms with Gasteiger partial charge in [-0.1, -0.05) is 27.2 Å². The van der Waals surface area contributed by atoms with Crippen molar-refractivity contribution in [3.05, 3.63) is 29.3 Å². The molecule has 0 amide bonds. The minimum Gasteiger partial charge on any atom is -0.497 e. The van der Waals surface area contributed by atoms with Gasteiger partial charge < -0.3 is 14.7 Å². The smallest absolute Gasteiger partial charge is 0.335 e. The number of likely N-dealkylation sites (tertiary alicyclic amines) is 1. The number of hydrogen-bond acceptors (Lipinski definition) is 4. The lowest BCUT2D eigenvalue weighted by molar-refractivity contribution is 0.0696. The number of carboxylic acids is 1. The summed E-state index contributed by atoms with van der Waals surface area (Å²) in [5, 5.41) is 8.65. The van der Waals surface area contributed by atoms with E-state index in [1.807, 2.05) is 0 Å². The van der Waals surface area contributed by atoms with E-state index in [1.54, 1.807) is 0 Å². The van der Waals surface area contributed by atoms with Crippen LogP contribution in [0.3, 0.4) is 0 Å². The lowest BCUT2D eigenvalue weighted by atomic mass is 10.1. The maximum atomic E-state index is 10.6. The molecule has 0 saturated carbocycles. The summed E-state index contributed by atoms with van der Waals surface area (Å²) in [5.74, 6) is 0.115. The molecule has 0 radical (unpaired) electrons. The summed E-state index contributed by atoms with van der Waals surface area (Å²) in [5.41, 5.74) is 0.332. The highest BCUT2D eigenvalue weighted by atomic mass is 16.5. The maximum Gasteiger partial charge on any atom is 0.335 e. The molecule has 2 rings (SSSR count). The van der Waals surface area contributed by atoms with E-state index >= 15 is 0 Å². The normalized spacial score (nSPS) is 13.9. The molecular weight excluding hydrogens is 306 g/mol. The molecule has 1 heterocycles. The van der Waals surface area contributed by atoms with Crippen LogP contribution in [0.4, 0.5) is 0 Å². The van der Waals surface area contributed by atoms with Crippen molar-refractivity contribution in [2.24, 2.45) is 5.92 Å². The Morgan fingerprint density at radius 2 is 1.71 bits per heavy atom. The largest absolute Gasteiger partial charge is 0.497 e. The summed E-state index contributed by atoms with van der Waals surface area (Å²) < 4.78 is 4.83. The molecule has 5 nitrogen and oxygen atoms in total.